The summed E-state index contributed by atoms with van der Waals surface area (Å²) in [6.07, 6.45) is 1.75. The first-order chi connectivity index (χ1) is 8.93. The molecule has 0 saturated heterocycles. The lowest BCUT2D eigenvalue weighted by Crippen LogP contribution is -2.30. The first kappa shape index (κ1) is 14.0. The molecule has 104 valence electrons. The molecule has 1 aromatic carbocycles. The van der Waals surface area contributed by atoms with Crippen LogP contribution in [0.5, 0.6) is 0 Å². The van der Waals surface area contributed by atoms with Crippen molar-refractivity contribution < 1.29 is 10.0 Å². The zero-order valence-electron chi connectivity index (χ0n) is 12.1. The van der Waals surface area contributed by atoms with E-state index in [-0.39, 0.29) is 11.9 Å². The Bertz CT molecular complexity index is 497. The molecule has 2 rings (SSSR count). The molecule has 1 aliphatic heterocycles. The third-order valence-corrected chi connectivity index (χ3v) is 3.93. The molecule has 1 aliphatic rings. The Kier molecular flexibility index (Phi) is 3.92. The van der Waals surface area contributed by atoms with E-state index in [1.807, 2.05) is 24.8 Å². The highest BCUT2D eigenvalue weighted by molar-refractivity contribution is 5.93. The van der Waals surface area contributed by atoms with Gasteiger partial charge in [0.2, 0.25) is 5.91 Å². The Labute approximate surface area is 114 Å². The van der Waals surface area contributed by atoms with Crippen molar-refractivity contribution in [3.05, 3.63) is 28.8 Å². The molecule has 19 heavy (non-hydrogen) atoms. The molecule has 0 aromatic heterocycles. The monoisotopic (exact) mass is 262 g/mol. The average molecular weight is 262 g/mol. The van der Waals surface area contributed by atoms with Gasteiger partial charge in [0.05, 0.1) is 11.7 Å². The van der Waals surface area contributed by atoms with Crippen LogP contribution in [-0.4, -0.2) is 29.8 Å². The second-order valence-electron chi connectivity index (χ2n) is 5.36. The van der Waals surface area contributed by atoms with Crippen molar-refractivity contribution in [2.24, 2.45) is 0 Å². The number of benzene rings is 1. The molecule has 0 bridgehead atoms. The first-order valence-electron chi connectivity index (χ1n) is 6.73. The van der Waals surface area contributed by atoms with Crippen molar-refractivity contribution in [1.29, 1.82) is 0 Å². The fraction of sp³-hybridized carbons (Fsp3) is 0.533. The summed E-state index contributed by atoms with van der Waals surface area (Å²) >= 11 is 0. The van der Waals surface area contributed by atoms with Gasteiger partial charge >= 0.3 is 0 Å². The van der Waals surface area contributed by atoms with Crippen molar-refractivity contribution in [3.63, 3.8) is 0 Å². The number of aryl methyl sites for hydroxylation is 2. The number of nitrogens with zero attached hydrogens (tertiary/aromatic N) is 2. The van der Waals surface area contributed by atoms with Crippen LogP contribution in [0.25, 0.3) is 0 Å². The fourth-order valence-corrected chi connectivity index (χ4v) is 2.98. The Balaban J connectivity index is 2.67. The molecule has 4 heteroatoms. The maximum Gasteiger partial charge on any atom is 0.223 e. The van der Waals surface area contributed by atoms with Gasteiger partial charge in [0.15, 0.2) is 0 Å². The normalized spacial score (nSPS) is 19.3. The van der Waals surface area contributed by atoms with E-state index in [2.05, 4.69) is 6.07 Å². The Morgan fingerprint density at radius 3 is 2.58 bits per heavy atom. The standard InChI is InChI=1S/C15H22N2O2/c1-10-7-8-11(2)15-14(10)13(16(4)19)6-5-9-17(15)12(3)18/h7-8,13,19H,5-6,9H2,1-4H3. The van der Waals surface area contributed by atoms with Gasteiger partial charge in [-0.25, -0.2) is 0 Å². The summed E-state index contributed by atoms with van der Waals surface area (Å²) < 4.78 is 0. The summed E-state index contributed by atoms with van der Waals surface area (Å²) in [5.74, 6) is 0.0659. The second-order valence-corrected chi connectivity index (χ2v) is 5.36. The molecule has 0 saturated carbocycles. The molecule has 4 nitrogen and oxygen atoms in total. The van der Waals surface area contributed by atoms with E-state index < -0.39 is 0 Å². The van der Waals surface area contributed by atoms with Crippen LogP contribution in [0, 0.1) is 13.8 Å². The van der Waals surface area contributed by atoms with Crippen molar-refractivity contribution in [1.82, 2.24) is 5.06 Å². The number of carbonyl (C=O) groups is 1. The largest absolute Gasteiger partial charge is 0.314 e. The van der Waals surface area contributed by atoms with Crippen molar-refractivity contribution in [2.45, 2.75) is 39.7 Å². The number of anilines is 1. The molecule has 1 N–H and O–H groups in total. The molecular formula is C15H22N2O2. The maximum absolute atomic E-state index is 11.9. The van der Waals surface area contributed by atoms with Crippen LogP contribution in [-0.2, 0) is 4.79 Å². The molecule has 1 unspecified atom stereocenters. The van der Waals surface area contributed by atoms with Gasteiger partial charge in [-0.3, -0.25) is 4.79 Å². The van der Waals surface area contributed by atoms with Gasteiger partial charge < -0.3 is 10.1 Å². The number of amides is 1. The second kappa shape index (κ2) is 5.31. The molecule has 1 heterocycles. The van der Waals surface area contributed by atoms with Gasteiger partial charge in [-0.05, 0) is 43.4 Å². The quantitative estimate of drug-likeness (QED) is 0.791. The highest BCUT2D eigenvalue weighted by Crippen LogP contribution is 2.39. The Morgan fingerprint density at radius 2 is 2.00 bits per heavy atom. The number of carbonyl (C=O) groups excluding carboxylic acids is 1. The lowest BCUT2D eigenvalue weighted by molar-refractivity contribution is -0.116. The maximum atomic E-state index is 11.9. The third kappa shape index (κ3) is 2.51. The first-order valence-corrected chi connectivity index (χ1v) is 6.73. The lowest BCUT2D eigenvalue weighted by atomic mass is 9.94. The van der Waals surface area contributed by atoms with Gasteiger partial charge in [-0.15, -0.1) is 0 Å². The van der Waals surface area contributed by atoms with Gasteiger partial charge in [0, 0.05) is 20.5 Å². The Morgan fingerprint density at radius 1 is 1.37 bits per heavy atom. The predicted octanol–water partition coefficient (Wildman–Crippen LogP) is 2.81. The van der Waals surface area contributed by atoms with Crippen LogP contribution in [0.4, 0.5) is 5.69 Å². The van der Waals surface area contributed by atoms with Crippen molar-refractivity contribution >= 4 is 11.6 Å². The van der Waals surface area contributed by atoms with Crippen LogP contribution in [0.1, 0.15) is 42.5 Å². The zero-order chi connectivity index (χ0) is 14.2. The van der Waals surface area contributed by atoms with E-state index in [1.165, 1.54) is 5.06 Å². The fourth-order valence-electron chi connectivity index (χ4n) is 2.98. The SMILES string of the molecule is CC(=O)N1CCCC(N(C)O)c2c(C)ccc(C)c21. The van der Waals surface area contributed by atoms with E-state index in [0.29, 0.717) is 0 Å². The topological polar surface area (TPSA) is 43.8 Å². The highest BCUT2D eigenvalue weighted by Gasteiger charge is 2.29. The van der Waals surface area contributed by atoms with Crippen molar-refractivity contribution in [3.8, 4) is 0 Å². The molecule has 0 aliphatic carbocycles. The molecule has 1 atom stereocenters. The molecule has 0 radical (unpaired) electrons. The Hall–Kier alpha value is -1.39. The van der Waals surface area contributed by atoms with Crippen LogP contribution in [0.15, 0.2) is 12.1 Å². The van der Waals surface area contributed by atoms with Gasteiger partial charge in [-0.2, -0.15) is 5.06 Å². The molecule has 1 aromatic rings. The van der Waals surface area contributed by atoms with Crippen LogP contribution < -0.4 is 4.90 Å². The number of hydrogen-bond donors (Lipinski definition) is 1. The summed E-state index contributed by atoms with van der Waals surface area (Å²) in [6, 6.07) is 4.07. The average Bonchev–Trinajstić information content (AvgIpc) is 2.54. The predicted molar refractivity (Wildman–Crippen MR) is 75.5 cm³/mol. The van der Waals surface area contributed by atoms with E-state index in [0.717, 1.165) is 41.8 Å². The summed E-state index contributed by atoms with van der Waals surface area (Å²) in [5, 5.41) is 11.2. The number of hydroxylamine groups is 2. The molecular weight excluding hydrogens is 240 g/mol. The number of rotatable bonds is 1. The third-order valence-electron chi connectivity index (χ3n) is 3.93. The molecule has 1 amide bonds. The van der Waals surface area contributed by atoms with Crippen molar-refractivity contribution in [2.75, 3.05) is 18.5 Å². The van der Waals surface area contributed by atoms with Crippen LogP contribution >= 0.6 is 0 Å². The van der Waals surface area contributed by atoms with Crippen LogP contribution in [0.3, 0.4) is 0 Å². The minimum atomic E-state index is -0.0424. The minimum absolute atomic E-state index is 0.0424. The smallest absolute Gasteiger partial charge is 0.223 e. The van der Waals surface area contributed by atoms with Crippen LogP contribution in [0.2, 0.25) is 0 Å². The summed E-state index contributed by atoms with van der Waals surface area (Å²) in [7, 11) is 1.68. The number of fused-ring (bicyclic) bond motifs is 1. The van der Waals surface area contributed by atoms with E-state index >= 15 is 0 Å². The summed E-state index contributed by atoms with van der Waals surface area (Å²) in [6.45, 7) is 6.39. The zero-order valence-corrected chi connectivity index (χ0v) is 12.1. The molecule has 0 spiro atoms. The van der Waals surface area contributed by atoms with E-state index in [4.69, 9.17) is 0 Å². The van der Waals surface area contributed by atoms with Gasteiger partial charge in [-0.1, -0.05) is 12.1 Å². The molecule has 0 fully saturated rings. The van der Waals surface area contributed by atoms with Gasteiger partial charge in [0.1, 0.15) is 0 Å². The lowest BCUT2D eigenvalue weighted by Gasteiger charge is -2.28. The number of hydrogen-bond acceptors (Lipinski definition) is 3. The minimum Gasteiger partial charge on any atom is -0.314 e. The highest BCUT2D eigenvalue weighted by atomic mass is 16.5. The summed E-state index contributed by atoms with van der Waals surface area (Å²) in [5.41, 5.74) is 4.28. The van der Waals surface area contributed by atoms with E-state index in [1.54, 1.807) is 14.0 Å². The van der Waals surface area contributed by atoms with Gasteiger partial charge in [0.25, 0.3) is 0 Å². The van der Waals surface area contributed by atoms with E-state index in [9.17, 15) is 10.0 Å². The summed E-state index contributed by atoms with van der Waals surface area (Å²) in [4.78, 5) is 13.8.